The van der Waals surface area contributed by atoms with E-state index >= 15 is 0 Å². The largest absolute Gasteiger partial charge is 0.297 e. The van der Waals surface area contributed by atoms with Gasteiger partial charge in [0.15, 0.2) is 6.29 Å². The first kappa shape index (κ1) is 8.65. The van der Waals surface area contributed by atoms with Crippen LogP contribution in [0.2, 0.25) is 0 Å². The molecule has 15 heavy (non-hydrogen) atoms. The van der Waals surface area contributed by atoms with E-state index in [0.29, 0.717) is 5.92 Å². The average molecular weight is 200 g/mol. The normalized spacial score (nSPS) is 15.8. The molecule has 0 aliphatic heterocycles. The number of imidazole rings is 1. The van der Waals surface area contributed by atoms with Gasteiger partial charge in [-0.1, -0.05) is 6.07 Å². The van der Waals surface area contributed by atoms with Crippen molar-refractivity contribution in [1.29, 1.82) is 0 Å². The maximum atomic E-state index is 11.1. The first-order valence-corrected chi connectivity index (χ1v) is 5.24. The number of hydrogen-bond donors (Lipinski definition) is 0. The van der Waals surface area contributed by atoms with Crippen molar-refractivity contribution in [2.75, 3.05) is 0 Å². The molecule has 1 aliphatic rings. The molecule has 3 nitrogen and oxygen atoms in total. The quantitative estimate of drug-likeness (QED) is 0.697. The Kier molecular flexibility index (Phi) is 1.69. The van der Waals surface area contributed by atoms with Crippen molar-refractivity contribution in [2.24, 2.45) is 0 Å². The minimum absolute atomic E-state index is 0.518. The second-order valence-electron chi connectivity index (χ2n) is 4.16. The summed E-state index contributed by atoms with van der Waals surface area (Å²) in [6.07, 6.45) is 5.17. The van der Waals surface area contributed by atoms with Gasteiger partial charge in [-0.15, -0.1) is 0 Å². The number of rotatable bonds is 2. The zero-order chi connectivity index (χ0) is 10.4. The molecule has 3 heteroatoms. The number of hydrogen-bond acceptors (Lipinski definition) is 2. The standard InChI is InChI=1S/C12H12N2O/c1-8-3-2-6-14-10(7-15)11(9-4-5-9)13-12(8)14/h2-3,6-7,9H,4-5H2,1H3. The zero-order valence-electron chi connectivity index (χ0n) is 8.60. The van der Waals surface area contributed by atoms with E-state index in [0.717, 1.165) is 28.9 Å². The highest BCUT2D eigenvalue weighted by Gasteiger charge is 2.30. The monoisotopic (exact) mass is 200 g/mol. The lowest BCUT2D eigenvalue weighted by atomic mass is 10.2. The summed E-state index contributed by atoms with van der Waals surface area (Å²) in [5.74, 6) is 0.518. The molecule has 2 aromatic heterocycles. The second kappa shape index (κ2) is 2.92. The van der Waals surface area contributed by atoms with Gasteiger partial charge in [0.1, 0.15) is 11.3 Å². The molecule has 2 aromatic rings. The number of pyridine rings is 1. The van der Waals surface area contributed by atoms with Crippen LogP contribution in [0.3, 0.4) is 0 Å². The highest BCUT2D eigenvalue weighted by molar-refractivity contribution is 5.77. The van der Waals surface area contributed by atoms with E-state index in [1.165, 1.54) is 12.8 Å². The van der Waals surface area contributed by atoms with Gasteiger partial charge in [-0.2, -0.15) is 0 Å². The van der Waals surface area contributed by atoms with Crippen molar-refractivity contribution < 1.29 is 4.79 Å². The fourth-order valence-corrected chi connectivity index (χ4v) is 2.01. The van der Waals surface area contributed by atoms with Crippen LogP contribution in [0, 0.1) is 6.92 Å². The molecule has 0 atom stereocenters. The van der Waals surface area contributed by atoms with E-state index in [2.05, 4.69) is 4.98 Å². The molecule has 76 valence electrons. The Morgan fingerprint density at radius 1 is 1.53 bits per heavy atom. The average Bonchev–Trinajstić information content (AvgIpc) is 3.00. The van der Waals surface area contributed by atoms with Crippen LogP contribution >= 0.6 is 0 Å². The third-order valence-electron chi connectivity index (χ3n) is 2.99. The Morgan fingerprint density at radius 2 is 2.33 bits per heavy atom. The number of aromatic nitrogens is 2. The SMILES string of the molecule is Cc1cccn2c(C=O)c(C3CC3)nc12. The summed E-state index contributed by atoms with van der Waals surface area (Å²) >= 11 is 0. The van der Waals surface area contributed by atoms with Gasteiger partial charge in [-0.3, -0.25) is 9.20 Å². The summed E-state index contributed by atoms with van der Waals surface area (Å²) < 4.78 is 1.90. The van der Waals surface area contributed by atoms with Crippen molar-refractivity contribution in [1.82, 2.24) is 9.38 Å². The van der Waals surface area contributed by atoms with Crippen LogP contribution < -0.4 is 0 Å². The van der Waals surface area contributed by atoms with Crippen LogP contribution in [0.15, 0.2) is 18.3 Å². The molecule has 0 aromatic carbocycles. The van der Waals surface area contributed by atoms with Gasteiger partial charge >= 0.3 is 0 Å². The first-order valence-electron chi connectivity index (χ1n) is 5.24. The number of nitrogens with zero attached hydrogens (tertiary/aromatic N) is 2. The Morgan fingerprint density at radius 3 is 3.00 bits per heavy atom. The van der Waals surface area contributed by atoms with E-state index < -0.39 is 0 Å². The Hall–Kier alpha value is -1.64. The zero-order valence-corrected chi connectivity index (χ0v) is 8.60. The third kappa shape index (κ3) is 1.19. The van der Waals surface area contributed by atoms with E-state index in [1.807, 2.05) is 29.7 Å². The maximum absolute atomic E-state index is 11.1. The molecule has 1 fully saturated rings. The van der Waals surface area contributed by atoms with Crippen molar-refractivity contribution in [2.45, 2.75) is 25.7 Å². The summed E-state index contributed by atoms with van der Waals surface area (Å²) in [7, 11) is 0. The summed E-state index contributed by atoms with van der Waals surface area (Å²) in [6, 6.07) is 3.97. The number of fused-ring (bicyclic) bond motifs is 1. The summed E-state index contributed by atoms with van der Waals surface area (Å²) in [5, 5.41) is 0. The predicted octanol–water partition coefficient (Wildman–Crippen LogP) is 2.33. The molecule has 0 saturated heterocycles. The van der Waals surface area contributed by atoms with Gasteiger partial charge in [0, 0.05) is 12.1 Å². The molecule has 3 rings (SSSR count). The van der Waals surface area contributed by atoms with Gasteiger partial charge in [0.05, 0.1) is 5.69 Å². The van der Waals surface area contributed by atoms with Crippen LogP contribution in [0.5, 0.6) is 0 Å². The summed E-state index contributed by atoms with van der Waals surface area (Å²) in [6.45, 7) is 2.02. The van der Waals surface area contributed by atoms with E-state index in [1.54, 1.807) is 0 Å². The van der Waals surface area contributed by atoms with Crippen LogP contribution in [-0.4, -0.2) is 15.7 Å². The van der Waals surface area contributed by atoms with Crippen molar-refractivity contribution in [3.8, 4) is 0 Å². The molecule has 0 N–H and O–H groups in total. The van der Waals surface area contributed by atoms with Gasteiger partial charge in [0.2, 0.25) is 0 Å². The lowest BCUT2D eigenvalue weighted by Crippen LogP contribution is -1.93. The topological polar surface area (TPSA) is 34.4 Å². The van der Waals surface area contributed by atoms with Crippen molar-refractivity contribution >= 4 is 11.9 Å². The molecule has 0 spiro atoms. The van der Waals surface area contributed by atoms with E-state index in [-0.39, 0.29) is 0 Å². The predicted molar refractivity (Wildman–Crippen MR) is 57.3 cm³/mol. The lowest BCUT2D eigenvalue weighted by molar-refractivity contribution is 0.111. The van der Waals surface area contributed by atoms with Gasteiger partial charge in [0.25, 0.3) is 0 Å². The lowest BCUT2D eigenvalue weighted by Gasteiger charge is -1.97. The van der Waals surface area contributed by atoms with Gasteiger partial charge in [-0.05, 0) is 31.4 Å². The molecule has 0 unspecified atom stereocenters. The smallest absolute Gasteiger partial charge is 0.168 e. The Balaban J connectivity index is 2.36. The van der Waals surface area contributed by atoms with Crippen molar-refractivity contribution in [3.05, 3.63) is 35.3 Å². The third-order valence-corrected chi connectivity index (χ3v) is 2.99. The van der Waals surface area contributed by atoms with Crippen molar-refractivity contribution in [3.63, 3.8) is 0 Å². The molecule has 0 amide bonds. The highest BCUT2D eigenvalue weighted by atomic mass is 16.1. The van der Waals surface area contributed by atoms with Gasteiger partial charge < -0.3 is 0 Å². The molecule has 2 heterocycles. The molecular weight excluding hydrogens is 188 g/mol. The number of aldehydes is 1. The molecular formula is C12H12N2O. The van der Waals surface area contributed by atoms with Crippen LogP contribution in [0.1, 0.15) is 40.5 Å². The van der Waals surface area contributed by atoms with E-state index in [4.69, 9.17) is 0 Å². The highest BCUT2D eigenvalue weighted by Crippen LogP contribution is 2.41. The second-order valence-corrected chi connectivity index (χ2v) is 4.16. The van der Waals surface area contributed by atoms with E-state index in [9.17, 15) is 4.79 Å². The van der Waals surface area contributed by atoms with Crippen LogP contribution in [0.4, 0.5) is 0 Å². The number of carbonyl (C=O) groups is 1. The maximum Gasteiger partial charge on any atom is 0.168 e. The minimum Gasteiger partial charge on any atom is -0.297 e. The van der Waals surface area contributed by atoms with Gasteiger partial charge in [-0.25, -0.2) is 4.98 Å². The Labute approximate surface area is 87.7 Å². The number of aryl methyl sites for hydroxylation is 1. The Bertz CT molecular complexity index is 538. The fourth-order valence-electron chi connectivity index (χ4n) is 2.01. The number of carbonyl (C=O) groups excluding carboxylic acids is 1. The molecule has 0 bridgehead atoms. The minimum atomic E-state index is 0.518. The first-order chi connectivity index (χ1) is 7.31. The summed E-state index contributed by atoms with van der Waals surface area (Å²) in [5.41, 5.74) is 3.75. The fraction of sp³-hybridized carbons (Fsp3) is 0.333. The summed E-state index contributed by atoms with van der Waals surface area (Å²) in [4.78, 5) is 15.7. The molecule has 1 aliphatic carbocycles. The molecule has 0 radical (unpaired) electrons. The molecule has 1 saturated carbocycles. The van der Waals surface area contributed by atoms with Crippen LogP contribution in [0.25, 0.3) is 5.65 Å². The van der Waals surface area contributed by atoms with Crippen LogP contribution in [-0.2, 0) is 0 Å².